The largest absolute Gasteiger partial charge is 0.495 e. The lowest BCUT2D eigenvalue weighted by Crippen LogP contribution is -2.03. The number of hydrogen-bond acceptors (Lipinski definition) is 6. The van der Waals surface area contributed by atoms with Crippen LogP contribution in [-0.2, 0) is 6.42 Å². The Balaban J connectivity index is 2.34. The number of aromatic nitrogens is 2. The Labute approximate surface area is 117 Å². The van der Waals surface area contributed by atoms with Crippen LogP contribution < -0.4 is 15.8 Å². The fourth-order valence-electron chi connectivity index (χ4n) is 1.74. The standard InChI is InChI=1S/C14H15N5O/c1-3-13-18-12(16)7-14(19-13)17-10-5-4-9(8-15)6-11(10)20-2/h4-7H,3H2,1-2H3,(H3,16,17,18,19). The highest BCUT2D eigenvalue weighted by Gasteiger charge is 2.07. The maximum Gasteiger partial charge on any atom is 0.143 e. The molecule has 0 fully saturated rings. The fraction of sp³-hybridized carbons (Fsp3) is 0.214. The molecule has 0 unspecified atom stereocenters. The lowest BCUT2D eigenvalue weighted by atomic mass is 10.2. The van der Waals surface area contributed by atoms with Gasteiger partial charge in [0.2, 0.25) is 0 Å². The van der Waals surface area contributed by atoms with E-state index in [1.807, 2.05) is 6.92 Å². The molecule has 0 saturated heterocycles. The van der Waals surface area contributed by atoms with Crippen LogP contribution >= 0.6 is 0 Å². The number of methoxy groups -OCH3 is 1. The zero-order chi connectivity index (χ0) is 14.5. The van der Waals surface area contributed by atoms with Crippen LogP contribution in [0.5, 0.6) is 5.75 Å². The topological polar surface area (TPSA) is 96.8 Å². The Morgan fingerprint density at radius 3 is 2.80 bits per heavy atom. The Morgan fingerprint density at radius 1 is 1.35 bits per heavy atom. The minimum Gasteiger partial charge on any atom is -0.495 e. The summed E-state index contributed by atoms with van der Waals surface area (Å²) in [6, 6.07) is 8.85. The molecule has 1 aromatic heterocycles. The highest BCUT2D eigenvalue weighted by atomic mass is 16.5. The molecule has 1 aromatic carbocycles. The van der Waals surface area contributed by atoms with Crippen LogP contribution in [0.15, 0.2) is 24.3 Å². The van der Waals surface area contributed by atoms with Gasteiger partial charge in [0.15, 0.2) is 0 Å². The van der Waals surface area contributed by atoms with Gasteiger partial charge in [-0.25, -0.2) is 9.97 Å². The molecular formula is C14H15N5O. The Bertz CT molecular complexity index is 663. The normalized spacial score (nSPS) is 9.85. The minimum absolute atomic E-state index is 0.409. The van der Waals surface area contributed by atoms with E-state index in [1.165, 1.54) is 0 Å². The van der Waals surface area contributed by atoms with Crippen LogP contribution in [0, 0.1) is 11.3 Å². The molecule has 3 N–H and O–H groups in total. The molecule has 2 rings (SSSR count). The number of nitrogen functional groups attached to an aromatic ring is 1. The maximum absolute atomic E-state index is 8.88. The summed E-state index contributed by atoms with van der Waals surface area (Å²) >= 11 is 0. The van der Waals surface area contributed by atoms with Gasteiger partial charge in [-0.15, -0.1) is 0 Å². The molecule has 6 heteroatoms. The number of nitrogens with one attached hydrogen (secondary N) is 1. The highest BCUT2D eigenvalue weighted by Crippen LogP contribution is 2.28. The van der Waals surface area contributed by atoms with Crippen molar-refractivity contribution in [2.45, 2.75) is 13.3 Å². The second-order valence-corrected chi connectivity index (χ2v) is 4.10. The molecule has 1 heterocycles. The number of nitrogens with two attached hydrogens (primary N) is 1. The number of rotatable bonds is 4. The first-order valence-electron chi connectivity index (χ1n) is 6.15. The molecule has 20 heavy (non-hydrogen) atoms. The zero-order valence-corrected chi connectivity index (χ0v) is 11.3. The van der Waals surface area contributed by atoms with Gasteiger partial charge in [-0.3, -0.25) is 0 Å². The van der Waals surface area contributed by atoms with Gasteiger partial charge in [-0.05, 0) is 12.1 Å². The Hall–Kier alpha value is -2.81. The van der Waals surface area contributed by atoms with Crippen LogP contribution in [0.3, 0.4) is 0 Å². The highest BCUT2D eigenvalue weighted by molar-refractivity contribution is 5.66. The van der Waals surface area contributed by atoms with Crippen LogP contribution in [-0.4, -0.2) is 17.1 Å². The van der Waals surface area contributed by atoms with Gasteiger partial charge in [-0.1, -0.05) is 6.92 Å². The molecule has 0 atom stereocenters. The number of nitriles is 1. The van der Waals surface area contributed by atoms with Crippen molar-refractivity contribution in [3.8, 4) is 11.8 Å². The number of hydrogen-bond donors (Lipinski definition) is 2. The van der Waals surface area contributed by atoms with Crippen LogP contribution in [0.25, 0.3) is 0 Å². The van der Waals surface area contributed by atoms with Crippen molar-refractivity contribution in [1.29, 1.82) is 5.26 Å². The molecule has 0 spiro atoms. The molecule has 0 aliphatic rings. The van der Waals surface area contributed by atoms with Crippen molar-refractivity contribution >= 4 is 17.3 Å². The van der Waals surface area contributed by atoms with E-state index in [4.69, 9.17) is 15.7 Å². The first-order chi connectivity index (χ1) is 9.66. The quantitative estimate of drug-likeness (QED) is 0.883. The van der Waals surface area contributed by atoms with E-state index in [2.05, 4.69) is 21.4 Å². The van der Waals surface area contributed by atoms with E-state index in [-0.39, 0.29) is 0 Å². The summed E-state index contributed by atoms with van der Waals surface area (Å²) in [6.45, 7) is 1.96. The summed E-state index contributed by atoms with van der Waals surface area (Å²) < 4.78 is 5.26. The van der Waals surface area contributed by atoms with Gasteiger partial charge < -0.3 is 15.8 Å². The SMILES string of the molecule is CCc1nc(N)cc(Nc2ccc(C#N)cc2OC)n1. The number of benzene rings is 1. The second kappa shape index (κ2) is 5.89. The van der Waals surface area contributed by atoms with Crippen molar-refractivity contribution in [2.24, 2.45) is 0 Å². The summed E-state index contributed by atoms with van der Waals surface area (Å²) in [7, 11) is 1.55. The molecule has 0 aliphatic carbocycles. The molecule has 2 aromatic rings. The predicted molar refractivity (Wildman–Crippen MR) is 76.8 cm³/mol. The summed E-state index contributed by atoms with van der Waals surface area (Å²) in [5.41, 5.74) is 6.99. The smallest absolute Gasteiger partial charge is 0.143 e. The van der Waals surface area contributed by atoms with Crippen LogP contribution in [0.2, 0.25) is 0 Å². The van der Waals surface area contributed by atoms with Crippen molar-refractivity contribution in [1.82, 2.24) is 9.97 Å². The number of aryl methyl sites for hydroxylation is 1. The third-order valence-corrected chi connectivity index (χ3v) is 2.70. The fourth-order valence-corrected chi connectivity index (χ4v) is 1.74. The van der Waals surface area contributed by atoms with Crippen LogP contribution in [0.4, 0.5) is 17.3 Å². The first kappa shape index (κ1) is 13.6. The molecule has 0 bridgehead atoms. The maximum atomic E-state index is 8.88. The van der Waals surface area contributed by atoms with Gasteiger partial charge in [0.1, 0.15) is 23.2 Å². The van der Waals surface area contributed by atoms with Crippen molar-refractivity contribution < 1.29 is 4.74 Å². The average Bonchev–Trinajstić information content (AvgIpc) is 2.47. The zero-order valence-electron chi connectivity index (χ0n) is 11.3. The lowest BCUT2D eigenvalue weighted by molar-refractivity contribution is 0.416. The monoisotopic (exact) mass is 269 g/mol. The number of anilines is 3. The van der Waals surface area contributed by atoms with E-state index in [0.717, 1.165) is 0 Å². The van der Waals surface area contributed by atoms with Gasteiger partial charge in [0, 0.05) is 18.6 Å². The first-order valence-corrected chi connectivity index (χ1v) is 6.15. The van der Waals surface area contributed by atoms with E-state index >= 15 is 0 Å². The van der Waals surface area contributed by atoms with E-state index in [1.54, 1.807) is 31.4 Å². The molecule has 0 aliphatic heterocycles. The number of ether oxygens (including phenoxy) is 1. The molecule has 0 saturated carbocycles. The molecule has 6 nitrogen and oxygen atoms in total. The number of nitrogens with zero attached hydrogens (tertiary/aromatic N) is 3. The van der Waals surface area contributed by atoms with E-state index < -0.39 is 0 Å². The third kappa shape index (κ3) is 2.95. The lowest BCUT2D eigenvalue weighted by Gasteiger charge is -2.11. The van der Waals surface area contributed by atoms with Gasteiger partial charge in [0.05, 0.1) is 24.4 Å². The van der Waals surface area contributed by atoms with Gasteiger partial charge in [-0.2, -0.15) is 5.26 Å². The molecule has 102 valence electrons. The summed E-state index contributed by atoms with van der Waals surface area (Å²) in [5.74, 6) is 2.24. The Morgan fingerprint density at radius 2 is 2.15 bits per heavy atom. The molecule has 0 amide bonds. The average molecular weight is 269 g/mol. The predicted octanol–water partition coefficient (Wildman–Crippen LogP) is 2.25. The van der Waals surface area contributed by atoms with Crippen molar-refractivity contribution in [3.05, 3.63) is 35.7 Å². The van der Waals surface area contributed by atoms with Crippen LogP contribution in [0.1, 0.15) is 18.3 Å². The third-order valence-electron chi connectivity index (χ3n) is 2.70. The van der Waals surface area contributed by atoms with Crippen molar-refractivity contribution in [3.63, 3.8) is 0 Å². The van der Waals surface area contributed by atoms with E-state index in [0.29, 0.717) is 40.9 Å². The van der Waals surface area contributed by atoms with Gasteiger partial charge >= 0.3 is 0 Å². The summed E-state index contributed by atoms with van der Waals surface area (Å²) in [6.07, 6.45) is 0.699. The van der Waals surface area contributed by atoms with Crippen molar-refractivity contribution in [2.75, 3.05) is 18.2 Å². The molecule has 0 radical (unpaired) electrons. The summed E-state index contributed by atoms with van der Waals surface area (Å²) in [4.78, 5) is 8.46. The Kier molecular flexibility index (Phi) is 4.01. The second-order valence-electron chi connectivity index (χ2n) is 4.10. The molecular weight excluding hydrogens is 254 g/mol. The minimum atomic E-state index is 0.409. The van der Waals surface area contributed by atoms with E-state index in [9.17, 15) is 0 Å². The summed E-state index contributed by atoms with van der Waals surface area (Å²) in [5, 5.41) is 12.0. The van der Waals surface area contributed by atoms with Gasteiger partial charge in [0.25, 0.3) is 0 Å².